The number of aromatic amines is 1. The molecule has 0 unspecified atom stereocenters. The van der Waals surface area contributed by atoms with Gasteiger partial charge in [0.25, 0.3) is 5.56 Å². The molecule has 0 bridgehead atoms. The number of carbonyl (C=O) groups excluding carboxylic acids is 1. The van der Waals surface area contributed by atoms with Gasteiger partial charge in [-0.25, -0.2) is 4.98 Å². The van der Waals surface area contributed by atoms with Gasteiger partial charge in [-0.1, -0.05) is 82.7 Å². The van der Waals surface area contributed by atoms with E-state index < -0.39 is 55.1 Å². The van der Waals surface area contributed by atoms with Crippen LogP contribution in [0.1, 0.15) is 88.2 Å². The molecule has 3 heterocycles. The Morgan fingerprint density at radius 3 is 1.88 bits per heavy atom. The van der Waals surface area contributed by atoms with E-state index in [-0.39, 0.29) is 44.1 Å². The molecule has 2 aromatic rings. The highest BCUT2D eigenvalue weighted by Gasteiger charge is 2.55. The van der Waals surface area contributed by atoms with Crippen LogP contribution in [0.5, 0.6) is 0 Å². The Morgan fingerprint density at radius 1 is 0.917 bits per heavy atom. The van der Waals surface area contributed by atoms with E-state index in [1.165, 1.54) is 0 Å². The van der Waals surface area contributed by atoms with Crippen molar-refractivity contribution in [3.05, 3.63) is 22.8 Å². The number of anilines is 1. The fraction of sp³-hybridized carbons (Fsp3) is 0.765. The highest BCUT2D eigenvalue weighted by Crippen LogP contribution is 2.47. The van der Waals surface area contributed by atoms with Gasteiger partial charge in [-0.2, -0.15) is 4.98 Å². The number of nitrogens with one attached hydrogen (secondary N) is 2. The summed E-state index contributed by atoms with van der Waals surface area (Å²) in [4.78, 5) is 38.0. The second kappa shape index (κ2) is 13.6. The quantitative estimate of drug-likeness (QED) is 0.223. The van der Waals surface area contributed by atoms with Crippen molar-refractivity contribution in [3.63, 3.8) is 0 Å². The number of carbonyl (C=O) groups is 1. The summed E-state index contributed by atoms with van der Waals surface area (Å²) in [6.07, 6.45) is -0.734. The van der Waals surface area contributed by atoms with Gasteiger partial charge in [-0.3, -0.25) is 24.5 Å². The van der Waals surface area contributed by atoms with Gasteiger partial charge in [-0.15, -0.1) is 0 Å². The fourth-order valence-corrected chi connectivity index (χ4v) is 8.19. The molecule has 0 radical (unpaired) electrons. The lowest BCUT2D eigenvalue weighted by molar-refractivity contribution is -0.118. The number of aromatic nitrogens is 4. The zero-order valence-electron chi connectivity index (χ0n) is 32.7. The molecule has 2 N–H and O–H groups in total. The third-order valence-corrected chi connectivity index (χ3v) is 24.4. The predicted molar refractivity (Wildman–Crippen MR) is 203 cm³/mol. The van der Waals surface area contributed by atoms with Crippen LogP contribution in [0, 0.1) is 5.92 Å². The molecule has 1 fully saturated rings. The second-order valence-electron chi connectivity index (χ2n) is 18.1. The Hall–Kier alpha value is -1.95. The standard InChI is InChI=1S/C34H63N5O6Si3/c1-19-23-35-24-27(36-31(38-29(24)41)37-28(40)21(2)3)39(23)30-26(45-48(17,18)34(10,11)12)25(44-47(15,16)33(7,8)9)22(43-30)20-42-46(13,14)32(4,5)6/h19,21-22,25-26,30H,1,20H2,2-18H3,(H2,36,37,38,40,41)/t22-,25-,26-,30-/m1/s1. The molecule has 4 atom stereocenters. The van der Waals surface area contributed by atoms with Crippen molar-refractivity contribution in [1.29, 1.82) is 0 Å². The van der Waals surface area contributed by atoms with E-state index in [4.69, 9.17) is 23.0 Å². The molecular formula is C34H63N5O6Si3. The maximum absolute atomic E-state index is 13.4. The van der Waals surface area contributed by atoms with Crippen LogP contribution in [-0.4, -0.2) is 75.3 Å². The minimum atomic E-state index is -2.44. The number of hydrogen-bond acceptors (Lipinski definition) is 8. The van der Waals surface area contributed by atoms with E-state index in [2.05, 4.69) is 123 Å². The molecule has 11 nitrogen and oxygen atoms in total. The smallest absolute Gasteiger partial charge is 0.280 e. The van der Waals surface area contributed by atoms with Gasteiger partial charge in [0, 0.05) is 5.92 Å². The number of H-pyrrole nitrogens is 1. The van der Waals surface area contributed by atoms with E-state index in [1.54, 1.807) is 24.5 Å². The van der Waals surface area contributed by atoms with Crippen molar-refractivity contribution < 1.29 is 22.8 Å². The lowest BCUT2D eigenvalue weighted by Gasteiger charge is -2.44. The Labute approximate surface area is 291 Å². The van der Waals surface area contributed by atoms with Gasteiger partial charge >= 0.3 is 0 Å². The minimum absolute atomic E-state index is 0.00381. The molecule has 272 valence electrons. The van der Waals surface area contributed by atoms with E-state index in [9.17, 15) is 9.59 Å². The highest BCUT2D eigenvalue weighted by molar-refractivity contribution is 6.75. The molecular weight excluding hydrogens is 659 g/mol. The summed E-state index contributed by atoms with van der Waals surface area (Å²) in [7, 11) is -6.99. The van der Waals surface area contributed by atoms with Gasteiger partial charge in [0.15, 0.2) is 42.3 Å². The van der Waals surface area contributed by atoms with Gasteiger partial charge in [0.05, 0.1) is 6.61 Å². The first kappa shape index (κ1) is 40.5. The van der Waals surface area contributed by atoms with E-state index in [0.717, 1.165) is 0 Å². The van der Waals surface area contributed by atoms with Crippen LogP contribution in [0.25, 0.3) is 17.2 Å². The molecule has 0 aromatic carbocycles. The van der Waals surface area contributed by atoms with Gasteiger partial charge in [-0.05, 0) is 60.5 Å². The van der Waals surface area contributed by atoms with Crippen LogP contribution in [0.2, 0.25) is 54.4 Å². The maximum Gasteiger partial charge on any atom is 0.280 e. The first-order valence-corrected chi connectivity index (χ1v) is 25.9. The summed E-state index contributed by atoms with van der Waals surface area (Å²) >= 11 is 0. The van der Waals surface area contributed by atoms with Crippen molar-refractivity contribution in [2.75, 3.05) is 11.9 Å². The molecule has 1 amide bonds. The molecule has 0 spiro atoms. The molecule has 2 aromatic heterocycles. The van der Waals surface area contributed by atoms with Crippen LogP contribution in [-0.2, 0) is 22.8 Å². The monoisotopic (exact) mass is 721 g/mol. The van der Waals surface area contributed by atoms with Gasteiger partial charge in [0.1, 0.15) is 24.1 Å². The molecule has 1 aliphatic rings. The fourth-order valence-electron chi connectivity index (χ4n) is 4.57. The molecule has 3 rings (SSSR count). The topological polar surface area (TPSA) is 130 Å². The summed E-state index contributed by atoms with van der Waals surface area (Å²) < 4.78 is 30.2. The number of hydrogen-bond donors (Lipinski definition) is 2. The number of rotatable bonds is 11. The number of fused-ring (bicyclic) bond motifs is 1. The third kappa shape index (κ3) is 8.32. The summed E-state index contributed by atoms with van der Waals surface area (Å²) in [6, 6.07) is 0. The number of ether oxygens (including phenoxy) is 1. The summed E-state index contributed by atoms with van der Waals surface area (Å²) in [5.74, 6) is -0.138. The zero-order chi connectivity index (χ0) is 37.0. The molecule has 48 heavy (non-hydrogen) atoms. The SMILES string of the molecule is C=Cc1nc2c(=O)[nH]c(NC(=O)C(C)C)nc2n1[C@@H]1O[C@H](CO[Si](C)(C)C(C)(C)C)[C@@H](O[Si](C)(C)C(C)(C)C)[C@H]1O[Si](C)(C)C(C)(C)C. The number of nitrogens with zero attached hydrogens (tertiary/aromatic N) is 3. The lowest BCUT2D eigenvalue weighted by Crippen LogP contribution is -2.54. The Kier molecular flexibility index (Phi) is 11.5. The predicted octanol–water partition coefficient (Wildman–Crippen LogP) is 8.06. The summed E-state index contributed by atoms with van der Waals surface area (Å²) in [5, 5.41) is 2.54. The summed E-state index contributed by atoms with van der Waals surface area (Å²) in [6.45, 7) is 41.2. The Morgan fingerprint density at radius 2 is 1.42 bits per heavy atom. The first-order chi connectivity index (χ1) is 21.5. The van der Waals surface area contributed by atoms with Crippen LogP contribution in [0.15, 0.2) is 11.4 Å². The third-order valence-electron chi connectivity index (χ3n) is 11.0. The largest absolute Gasteiger partial charge is 0.414 e. The number of amides is 1. The molecule has 14 heteroatoms. The van der Waals surface area contributed by atoms with Gasteiger partial charge < -0.3 is 18.0 Å². The lowest BCUT2D eigenvalue weighted by atomic mass is 10.1. The molecule has 1 saturated heterocycles. The minimum Gasteiger partial charge on any atom is -0.414 e. The van der Waals surface area contributed by atoms with Crippen LogP contribution in [0.3, 0.4) is 0 Å². The second-order valence-corrected chi connectivity index (χ2v) is 32.4. The molecule has 0 aliphatic carbocycles. The van der Waals surface area contributed by atoms with Crippen molar-refractivity contribution in [2.24, 2.45) is 5.92 Å². The van der Waals surface area contributed by atoms with Crippen molar-refractivity contribution in [3.8, 4) is 0 Å². The van der Waals surface area contributed by atoms with Crippen molar-refractivity contribution >= 4 is 54.0 Å². The van der Waals surface area contributed by atoms with Crippen molar-refractivity contribution in [2.45, 2.75) is 155 Å². The normalized spacial score (nSPS) is 21.7. The maximum atomic E-state index is 13.4. The van der Waals surface area contributed by atoms with Crippen LogP contribution >= 0.6 is 0 Å². The highest BCUT2D eigenvalue weighted by atomic mass is 28.4. The average molecular weight is 722 g/mol. The molecule has 0 saturated carbocycles. The Bertz CT molecular complexity index is 1550. The van der Waals surface area contributed by atoms with E-state index >= 15 is 0 Å². The van der Waals surface area contributed by atoms with E-state index in [0.29, 0.717) is 12.4 Å². The van der Waals surface area contributed by atoms with Crippen LogP contribution in [0.4, 0.5) is 5.95 Å². The molecule has 1 aliphatic heterocycles. The van der Waals surface area contributed by atoms with E-state index in [1.807, 2.05) is 0 Å². The summed E-state index contributed by atoms with van der Waals surface area (Å²) in [5.41, 5.74) is -0.101. The average Bonchev–Trinajstić information content (AvgIpc) is 3.42. The zero-order valence-corrected chi connectivity index (χ0v) is 35.7. The van der Waals surface area contributed by atoms with Crippen molar-refractivity contribution in [1.82, 2.24) is 19.5 Å². The Balaban J connectivity index is 2.32. The number of imidazole rings is 1. The van der Waals surface area contributed by atoms with Gasteiger partial charge in [0.2, 0.25) is 11.9 Å². The first-order valence-electron chi connectivity index (χ1n) is 17.2. The van der Waals surface area contributed by atoms with Crippen LogP contribution < -0.4 is 10.9 Å².